The first-order chi connectivity index (χ1) is 12.8. The summed E-state index contributed by atoms with van der Waals surface area (Å²) in [6, 6.07) is 4.64. The van der Waals surface area contributed by atoms with Gasteiger partial charge in [-0.2, -0.15) is 0 Å². The molecule has 1 aliphatic heterocycles. The van der Waals surface area contributed by atoms with Crippen LogP contribution in [0.25, 0.3) is 11.3 Å². The topological polar surface area (TPSA) is 69.5 Å². The fraction of sp³-hybridized carbons (Fsp3) is 0.526. The van der Waals surface area contributed by atoms with Gasteiger partial charge < -0.3 is 14.4 Å². The molecule has 1 saturated heterocycles. The van der Waals surface area contributed by atoms with Gasteiger partial charge in [-0.25, -0.2) is 9.07 Å². The number of rotatable bonds is 5. The van der Waals surface area contributed by atoms with Crippen LogP contribution < -0.4 is 4.74 Å². The highest BCUT2D eigenvalue weighted by atomic mass is 19.1. The number of nitrogens with zero attached hydrogens (tertiary/aromatic N) is 4. The van der Waals surface area contributed by atoms with Crippen LogP contribution in [-0.2, 0) is 16.1 Å². The second-order valence-corrected chi connectivity index (χ2v) is 7.34. The molecule has 1 unspecified atom stereocenters. The minimum atomic E-state index is -0.454. The fourth-order valence-corrected chi connectivity index (χ4v) is 3.32. The van der Waals surface area contributed by atoms with Gasteiger partial charge in [0.05, 0.1) is 24.5 Å². The molecule has 1 aliphatic rings. The highest BCUT2D eigenvalue weighted by molar-refractivity contribution is 5.76. The summed E-state index contributed by atoms with van der Waals surface area (Å²) in [6.07, 6.45) is 1.62. The molecule has 1 aromatic carbocycles. The second kappa shape index (κ2) is 7.64. The van der Waals surface area contributed by atoms with Crippen molar-refractivity contribution in [1.29, 1.82) is 0 Å². The Balaban J connectivity index is 1.69. The Hall–Kier alpha value is -2.48. The molecule has 0 N–H and O–H groups in total. The largest absolute Gasteiger partial charge is 0.491 e. The summed E-state index contributed by atoms with van der Waals surface area (Å²) in [5.41, 5.74) is 0.705. The first-order valence-electron chi connectivity index (χ1n) is 9.06. The van der Waals surface area contributed by atoms with Crippen molar-refractivity contribution in [3.05, 3.63) is 30.2 Å². The zero-order valence-corrected chi connectivity index (χ0v) is 16.1. The number of hydrogen-bond acceptors (Lipinski definition) is 5. The van der Waals surface area contributed by atoms with Crippen LogP contribution in [0.4, 0.5) is 4.39 Å². The van der Waals surface area contributed by atoms with E-state index in [1.54, 1.807) is 30.2 Å². The van der Waals surface area contributed by atoms with Gasteiger partial charge in [0.1, 0.15) is 12.2 Å². The van der Waals surface area contributed by atoms with Gasteiger partial charge in [0.15, 0.2) is 11.6 Å². The molecular weight excluding hydrogens is 351 g/mol. The summed E-state index contributed by atoms with van der Waals surface area (Å²) in [7, 11) is 0. The third-order valence-electron chi connectivity index (χ3n) is 4.29. The first-order valence-corrected chi connectivity index (χ1v) is 9.06. The molecular formula is C19H25FN4O3. The van der Waals surface area contributed by atoms with Crippen LogP contribution in [0.5, 0.6) is 5.75 Å². The van der Waals surface area contributed by atoms with E-state index in [1.165, 1.54) is 10.7 Å². The summed E-state index contributed by atoms with van der Waals surface area (Å²) >= 11 is 0. The Kier molecular flexibility index (Phi) is 5.46. The molecule has 2 aromatic rings. The summed E-state index contributed by atoms with van der Waals surface area (Å²) in [5.74, 6) is -0.301. The van der Waals surface area contributed by atoms with Gasteiger partial charge >= 0.3 is 0 Å². The van der Waals surface area contributed by atoms with Crippen LogP contribution in [0.3, 0.4) is 0 Å². The Morgan fingerprint density at radius 1 is 1.44 bits per heavy atom. The lowest BCUT2D eigenvalue weighted by atomic mass is 10.1. The van der Waals surface area contributed by atoms with Gasteiger partial charge in [-0.3, -0.25) is 4.79 Å². The number of carbonyl (C=O) groups excluding carboxylic acids is 1. The zero-order chi connectivity index (χ0) is 19.6. The Morgan fingerprint density at radius 2 is 2.22 bits per heavy atom. The average molecular weight is 376 g/mol. The smallest absolute Gasteiger partial charge is 0.244 e. The number of halogens is 1. The maximum atomic E-state index is 14.0. The molecule has 27 heavy (non-hydrogen) atoms. The molecule has 146 valence electrons. The van der Waals surface area contributed by atoms with E-state index in [4.69, 9.17) is 9.47 Å². The number of ether oxygens (including phenoxy) is 2. The van der Waals surface area contributed by atoms with Crippen molar-refractivity contribution >= 4 is 5.91 Å². The van der Waals surface area contributed by atoms with Crippen molar-refractivity contribution in [2.24, 2.45) is 0 Å². The number of hydrogen-bond donors (Lipinski definition) is 0. The molecule has 1 amide bonds. The van der Waals surface area contributed by atoms with E-state index in [2.05, 4.69) is 10.3 Å². The summed E-state index contributed by atoms with van der Waals surface area (Å²) in [5, 5.41) is 8.06. The van der Waals surface area contributed by atoms with Gasteiger partial charge in [-0.05, 0) is 45.9 Å². The lowest BCUT2D eigenvalue weighted by Crippen LogP contribution is -2.54. The molecule has 0 radical (unpaired) electrons. The predicted octanol–water partition coefficient (Wildman–Crippen LogP) is 2.51. The monoisotopic (exact) mass is 376 g/mol. The van der Waals surface area contributed by atoms with E-state index in [0.29, 0.717) is 31.0 Å². The van der Waals surface area contributed by atoms with Crippen LogP contribution in [0.1, 0.15) is 27.7 Å². The van der Waals surface area contributed by atoms with E-state index in [0.717, 1.165) is 0 Å². The quantitative estimate of drug-likeness (QED) is 0.802. The minimum absolute atomic E-state index is 0.0177. The van der Waals surface area contributed by atoms with Crippen molar-refractivity contribution < 1.29 is 18.7 Å². The summed E-state index contributed by atoms with van der Waals surface area (Å²) in [6.45, 7) is 9.24. The number of morpholine rings is 1. The maximum Gasteiger partial charge on any atom is 0.244 e. The first kappa shape index (κ1) is 19.3. The highest BCUT2D eigenvalue weighted by Crippen LogP contribution is 2.24. The van der Waals surface area contributed by atoms with Crippen molar-refractivity contribution in [2.45, 2.75) is 45.9 Å². The molecule has 1 atom stereocenters. The number of carbonyl (C=O) groups is 1. The molecule has 1 aromatic heterocycles. The van der Waals surface area contributed by atoms with Crippen molar-refractivity contribution in [3.63, 3.8) is 0 Å². The SMILES string of the molecule is CCOc1ccc(-c2cn(CC(=O)N3CC(C)OC(C)(C)C3)nn2)cc1F. The van der Waals surface area contributed by atoms with Crippen molar-refractivity contribution in [2.75, 3.05) is 19.7 Å². The average Bonchev–Trinajstić information content (AvgIpc) is 3.03. The van der Waals surface area contributed by atoms with Gasteiger partial charge in [0.2, 0.25) is 5.91 Å². The molecule has 0 bridgehead atoms. The highest BCUT2D eigenvalue weighted by Gasteiger charge is 2.33. The Labute approximate surface area is 158 Å². The van der Waals surface area contributed by atoms with Gasteiger partial charge in [-0.15, -0.1) is 5.10 Å². The number of benzene rings is 1. The molecule has 8 heteroatoms. The molecule has 2 heterocycles. The van der Waals surface area contributed by atoms with Crippen molar-refractivity contribution in [3.8, 4) is 17.0 Å². The Bertz CT molecular complexity index is 821. The third kappa shape index (κ3) is 4.63. The van der Waals surface area contributed by atoms with Crippen LogP contribution in [0.15, 0.2) is 24.4 Å². The third-order valence-corrected chi connectivity index (χ3v) is 4.29. The normalized spacial score (nSPS) is 19.1. The van der Waals surface area contributed by atoms with Gasteiger partial charge in [0.25, 0.3) is 0 Å². The zero-order valence-electron chi connectivity index (χ0n) is 16.1. The second-order valence-electron chi connectivity index (χ2n) is 7.34. The van der Waals surface area contributed by atoms with Gasteiger partial charge in [-0.1, -0.05) is 5.21 Å². The molecule has 0 spiro atoms. The van der Waals surface area contributed by atoms with Crippen LogP contribution in [-0.4, -0.2) is 57.2 Å². The number of amides is 1. The van der Waals surface area contributed by atoms with E-state index < -0.39 is 5.82 Å². The van der Waals surface area contributed by atoms with Crippen molar-refractivity contribution in [1.82, 2.24) is 19.9 Å². The predicted molar refractivity (Wildman–Crippen MR) is 97.8 cm³/mol. The fourth-order valence-electron chi connectivity index (χ4n) is 3.32. The molecule has 3 rings (SSSR count). The number of aromatic nitrogens is 3. The van der Waals surface area contributed by atoms with E-state index in [-0.39, 0.29) is 29.9 Å². The van der Waals surface area contributed by atoms with E-state index in [1.807, 2.05) is 20.8 Å². The lowest BCUT2D eigenvalue weighted by Gasteiger charge is -2.41. The molecule has 0 aliphatic carbocycles. The van der Waals surface area contributed by atoms with Crippen LogP contribution >= 0.6 is 0 Å². The van der Waals surface area contributed by atoms with E-state index in [9.17, 15) is 9.18 Å². The van der Waals surface area contributed by atoms with Crippen LogP contribution in [0.2, 0.25) is 0 Å². The molecule has 0 saturated carbocycles. The lowest BCUT2D eigenvalue weighted by molar-refractivity contribution is -0.158. The summed E-state index contributed by atoms with van der Waals surface area (Å²) < 4.78 is 26.5. The van der Waals surface area contributed by atoms with Crippen LogP contribution in [0, 0.1) is 5.82 Å². The van der Waals surface area contributed by atoms with E-state index >= 15 is 0 Å². The minimum Gasteiger partial charge on any atom is -0.491 e. The summed E-state index contributed by atoms with van der Waals surface area (Å²) in [4.78, 5) is 14.4. The maximum absolute atomic E-state index is 14.0. The molecule has 1 fully saturated rings. The Morgan fingerprint density at radius 3 is 2.89 bits per heavy atom. The standard InChI is InChI=1S/C19H25FN4O3/c1-5-26-17-7-6-14(8-15(17)20)16-10-24(22-21-16)11-18(25)23-9-13(2)27-19(3,4)12-23/h6-8,10,13H,5,9,11-12H2,1-4H3. The molecule has 7 nitrogen and oxygen atoms in total. The van der Waals surface area contributed by atoms with Gasteiger partial charge in [0, 0.05) is 18.7 Å².